The Morgan fingerprint density at radius 2 is 1.41 bits per heavy atom. The maximum Gasteiger partial charge on any atom is 0.408 e. The lowest BCUT2D eigenvalue weighted by molar-refractivity contribution is -0.118. The van der Waals surface area contributed by atoms with Crippen LogP contribution in [-0.4, -0.2) is 27.8 Å². The van der Waals surface area contributed by atoms with Crippen molar-refractivity contribution < 1.29 is 14.3 Å². The van der Waals surface area contributed by atoms with Crippen LogP contribution in [-0.2, 0) is 29.1 Å². The number of aromatic nitrogens is 2. The number of rotatable bonds is 9. The van der Waals surface area contributed by atoms with E-state index >= 15 is 0 Å². The van der Waals surface area contributed by atoms with Crippen LogP contribution in [0, 0.1) is 0 Å². The fourth-order valence-electron chi connectivity index (χ4n) is 3.48. The van der Waals surface area contributed by atoms with Crippen LogP contribution in [0.2, 0.25) is 0 Å². The molecule has 0 saturated heterocycles. The van der Waals surface area contributed by atoms with Gasteiger partial charge in [-0.25, -0.2) is 4.79 Å². The molecule has 0 fully saturated rings. The number of carbonyl (C=O) groups is 2. The minimum atomic E-state index is -0.817. The van der Waals surface area contributed by atoms with Gasteiger partial charge in [-0.2, -0.15) is 5.10 Å². The first-order chi connectivity index (χ1) is 16.7. The third kappa shape index (κ3) is 6.80. The lowest BCUT2D eigenvalue weighted by Gasteiger charge is -2.18. The number of amides is 2. The number of hydrogen-bond donors (Lipinski definition) is 2. The Balaban J connectivity index is 1.39. The molecule has 4 aromatic rings. The summed E-state index contributed by atoms with van der Waals surface area (Å²) in [5.41, 5.74) is 3.45. The summed E-state index contributed by atoms with van der Waals surface area (Å²) in [6.07, 6.45) is 3.03. The molecule has 1 heterocycles. The van der Waals surface area contributed by atoms with E-state index in [1.807, 2.05) is 91.0 Å². The normalized spacial score (nSPS) is 11.4. The van der Waals surface area contributed by atoms with Crippen molar-refractivity contribution in [1.82, 2.24) is 15.1 Å². The minimum Gasteiger partial charge on any atom is -0.445 e. The van der Waals surface area contributed by atoms with Crippen molar-refractivity contribution in [3.8, 4) is 0 Å². The Morgan fingerprint density at radius 1 is 0.824 bits per heavy atom. The van der Waals surface area contributed by atoms with Crippen molar-refractivity contribution in [2.45, 2.75) is 25.6 Å². The van der Waals surface area contributed by atoms with Gasteiger partial charge in [0.1, 0.15) is 12.6 Å². The van der Waals surface area contributed by atoms with Crippen molar-refractivity contribution in [3.05, 3.63) is 120 Å². The first kappa shape index (κ1) is 22.8. The molecule has 0 bridgehead atoms. The van der Waals surface area contributed by atoms with Crippen molar-refractivity contribution in [2.24, 2.45) is 0 Å². The standard InChI is InChI=1S/C27H26N4O3/c32-26(29-24-17-28-31(19-24)18-22-12-6-2-7-13-22)25(16-21-10-4-1-5-11-21)30-27(33)34-20-23-14-8-3-9-15-23/h1-15,17,19,25H,16,18,20H2,(H,29,32)(H,30,33)/t25-/m0/s1. The van der Waals surface area contributed by atoms with Crippen LogP contribution in [0.15, 0.2) is 103 Å². The summed E-state index contributed by atoms with van der Waals surface area (Å²) in [6, 6.07) is 28.0. The smallest absolute Gasteiger partial charge is 0.408 e. The van der Waals surface area contributed by atoms with E-state index in [1.54, 1.807) is 17.1 Å². The monoisotopic (exact) mass is 454 g/mol. The van der Waals surface area contributed by atoms with Gasteiger partial charge in [-0.1, -0.05) is 91.0 Å². The summed E-state index contributed by atoms with van der Waals surface area (Å²) in [6.45, 7) is 0.715. The van der Waals surface area contributed by atoms with E-state index in [4.69, 9.17) is 4.74 Å². The Labute approximate surface area is 198 Å². The molecule has 7 nitrogen and oxygen atoms in total. The lowest BCUT2D eigenvalue weighted by atomic mass is 10.1. The fourth-order valence-corrected chi connectivity index (χ4v) is 3.48. The molecule has 3 aromatic carbocycles. The number of alkyl carbamates (subject to hydrolysis) is 1. The molecule has 0 aliphatic carbocycles. The molecule has 0 aliphatic rings. The Hall–Kier alpha value is -4.39. The van der Waals surface area contributed by atoms with Crippen LogP contribution in [0.25, 0.3) is 0 Å². The summed E-state index contributed by atoms with van der Waals surface area (Å²) >= 11 is 0. The molecule has 2 N–H and O–H groups in total. The van der Waals surface area contributed by atoms with Gasteiger partial charge < -0.3 is 15.4 Å². The predicted octanol–water partition coefficient (Wildman–Crippen LogP) is 4.41. The number of ether oxygens (including phenoxy) is 1. The third-order valence-electron chi connectivity index (χ3n) is 5.19. The van der Waals surface area contributed by atoms with E-state index in [2.05, 4.69) is 15.7 Å². The first-order valence-corrected chi connectivity index (χ1v) is 11.0. The van der Waals surface area contributed by atoms with Crippen LogP contribution in [0.5, 0.6) is 0 Å². The number of nitrogens with one attached hydrogen (secondary N) is 2. The van der Waals surface area contributed by atoms with Gasteiger partial charge in [-0.05, 0) is 16.7 Å². The highest BCUT2D eigenvalue weighted by atomic mass is 16.5. The average Bonchev–Trinajstić information content (AvgIpc) is 3.30. The molecule has 0 spiro atoms. The van der Waals surface area contributed by atoms with Gasteiger partial charge >= 0.3 is 6.09 Å². The van der Waals surface area contributed by atoms with Gasteiger partial charge in [0.25, 0.3) is 0 Å². The zero-order valence-electron chi connectivity index (χ0n) is 18.6. The number of carbonyl (C=O) groups excluding carboxylic acids is 2. The van der Waals surface area contributed by atoms with Gasteiger partial charge in [-0.3, -0.25) is 9.48 Å². The quantitative estimate of drug-likeness (QED) is 0.392. The van der Waals surface area contributed by atoms with E-state index in [9.17, 15) is 9.59 Å². The van der Waals surface area contributed by atoms with Gasteiger partial charge in [0, 0.05) is 12.6 Å². The molecule has 0 saturated carbocycles. The van der Waals surface area contributed by atoms with E-state index in [0.717, 1.165) is 16.7 Å². The van der Waals surface area contributed by atoms with E-state index in [-0.39, 0.29) is 12.5 Å². The highest BCUT2D eigenvalue weighted by Gasteiger charge is 2.22. The van der Waals surface area contributed by atoms with Crippen molar-refractivity contribution in [3.63, 3.8) is 0 Å². The van der Waals surface area contributed by atoms with E-state index in [1.165, 1.54) is 0 Å². The molecular formula is C27H26N4O3. The van der Waals surface area contributed by atoms with Crippen molar-refractivity contribution in [2.75, 3.05) is 5.32 Å². The second-order valence-corrected chi connectivity index (χ2v) is 7.85. The van der Waals surface area contributed by atoms with Gasteiger partial charge in [0.2, 0.25) is 5.91 Å². The van der Waals surface area contributed by atoms with Crippen LogP contribution in [0.1, 0.15) is 16.7 Å². The van der Waals surface area contributed by atoms with E-state index in [0.29, 0.717) is 18.7 Å². The van der Waals surface area contributed by atoms with Crippen molar-refractivity contribution in [1.29, 1.82) is 0 Å². The fraction of sp³-hybridized carbons (Fsp3) is 0.148. The molecular weight excluding hydrogens is 428 g/mol. The Kier molecular flexibility index (Phi) is 7.69. The summed E-state index contributed by atoms with van der Waals surface area (Å²) in [5.74, 6) is -0.347. The highest BCUT2D eigenvalue weighted by Crippen LogP contribution is 2.11. The van der Waals surface area contributed by atoms with Gasteiger partial charge in [0.15, 0.2) is 0 Å². The van der Waals surface area contributed by atoms with Gasteiger partial charge in [-0.15, -0.1) is 0 Å². The number of nitrogens with zero attached hydrogens (tertiary/aromatic N) is 2. The molecule has 1 aromatic heterocycles. The largest absolute Gasteiger partial charge is 0.445 e. The summed E-state index contributed by atoms with van der Waals surface area (Å²) in [7, 11) is 0. The predicted molar refractivity (Wildman–Crippen MR) is 130 cm³/mol. The second-order valence-electron chi connectivity index (χ2n) is 7.85. The van der Waals surface area contributed by atoms with Crippen molar-refractivity contribution >= 4 is 17.7 Å². The summed E-state index contributed by atoms with van der Waals surface area (Å²) in [4.78, 5) is 25.5. The molecule has 7 heteroatoms. The molecule has 0 aliphatic heterocycles. The molecule has 0 unspecified atom stereocenters. The van der Waals surface area contributed by atoms with Crippen LogP contribution >= 0.6 is 0 Å². The molecule has 1 atom stereocenters. The lowest BCUT2D eigenvalue weighted by Crippen LogP contribution is -2.45. The third-order valence-corrected chi connectivity index (χ3v) is 5.19. The Bertz CT molecular complexity index is 1190. The van der Waals surface area contributed by atoms with Gasteiger partial charge in [0.05, 0.1) is 18.4 Å². The first-order valence-electron chi connectivity index (χ1n) is 11.0. The molecule has 172 valence electrons. The molecule has 0 radical (unpaired) electrons. The number of benzene rings is 3. The zero-order valence-corrected chi connectivity index (χ0v) is 18.6. The average molecular weight is 455 g/mol. The SMILES string of the molecule is O=C(N[C@@H](Cc1ccccc1)C(=O)Nc1cnn(Cc2ccccc2)c1)OCc1ccccc1. The Morgan fingerprint density at radius 3 is 2.06 bits per heavy atom. The minimum absolute atomic E-state index is 0.124. The number of anilines is 1. The van der Waals surface area contributed by atoms with E-state index < -0.39 is 12.1 Å². The summed E-state index contributed by atoms with van der Waals surface area (Å²) in [5, 5.41) is 9.88. The maximum atomic E-state index is 13.1. The molecule has 2 amide bonds. The summed E-state index contributed by atoms with van der Waals surface area (Å²) < 4.78 is 7.07. The van der Waals surface area contributed by atoms with Crippen LogP contribution < -0.4 is 10.6 Å². The topological polar surface area (TPSA) is 85.3 Å². The highest BCUT2D eigenvalue weighted by molar-refractivity contribution is 5.96. The number of hydrogen-bond acceptors (Lipinski definition) is 4. The molecule has 34 heavy (non-hydrogen) atoms. The maximum absolute atomic E-state index is 13.1. The van der Waals surface area contributed by atoms with Crippen LogP contribution in [0.3, 0.4) is 0 Å². The zero-order chi connectivity index (χ0) is 23.6. The molecule has 4 rings (SSSR count). The van der Waals surface area contributed by atoms with Crippen LogP contribution in [0.4, 0.5) is 10.5 Å². The second kappa shape index (κ2) is 11.5.